The molecule has 28 heavy (non-hydrogen) atoms. The maximum absolute atomic E-state index is 13.0. The van der Waals surface area contributed by atoms with E-state index in [1.54, 1.807) is 53.4 Å². The molecule has 0 saturated carbocycles. The van der Waals surface area contributed by atoms with Crippen molar-refractivity contribution in [2.45, 2.75) is 16.8 Å². The highest BCUT2D eigenvalue weighted by atomic mass is 35.5. The Labute approximate surface area is 172 Å². The van der Waals surface area contributed by atoms with Gasteiger partial charge in [-0.3, -0.25) is 14.5 Å². The fourth-order valence-corrected chi connectivity index (χ4v) is 5.67. The van der Waals surface area contributed by atoms with Crippen molar-refractivity contribution in [3.63, 3.8) is 0 Å². The number of halogens is 1. The molecule has 2 aromatic carbocycles. The van der Waals surface area contributed by atoms with Gasteiger partial charge >= 0.3 is 5.97 Å². The van der Waals surface area contributed by atoms with Gasteiger partial charge in [0.15, 0.2) is 5.41 Å². The molecule has 1 saturated heterocycles. The summed E-state index contributed by atoms with van der Waals surface area (Å²) in [4.78, 5) is 27.3. The van der Waals surface area contributed by atoms with Crippen LogP contribution < -0.4 is 5.73 Å². The molecule has 2 aliphatic rings. The second-order valence-electron chi connectivity index (χ2n) is 6.81. The number of alkyl halides is 1. The largest absolute Gasteiger partial charge is 0.480 e. The van der Waals surface area contributed by atoms with Crippen LogP contribution in [0.4, 0.5) is 0 Å². The van der Waals surface area contributed by atoms with E-state index in [2.05, 4.69) is 0 Å². The molecular formula is C21H19ClN2O3S. The first kappa shape index (κ1) is 19.1. The maximum atomic E-state index is 13.0. The van der Waals surface area contributed by atoms with E-state index in [9.17, 15) is 14.7 Å². The second-order valence-corrected chi connectivity index (χ2v) is 8.18. The van der Waals surface area contributed by atoms with Crippen molar-refractivity contribution in [1.82, 2.24) is 4.90 Å². The SMILES string of the molecule is NC1C(=O)N2C(C(C(=O)O)(c3ccccc3)c3ccccc3)=C(CCl)CSC12. The fourth-order valence-electron chi connectivity index (χ4n) is 4.04. The van der Waals surface area contributed by atoms with Gasteiger partial charge in [-0.15, -0.1) is 23.4 Å². The molecule has 0 spiro atoms. The first-order valence-electron chi connectivity index (χ1n) is 8.86. The quantitative estimate of drug-likeness (QED) is 0.580. The van der Waals surface area contributed by atoms with Crippen LogP contribution in [0.25, 0.3) is 0 Å². The van der Waals surface area contributed by atoms with Crippen LogP contribution in [0.5, 0.6) is 0 Å². The summed E-state index contributed by atoms with van der Waals surface area (Å²) in [5.74, 6) is -0.646. The number of carbonyl (C=O) groups excluding carboxylic acids is 1. The highest BCUT2D eigenvalue weighted by Gasteiger charge is 2.58. The number of hydrogen-bond acceptors (Lipinski definition) is 4. The summed E-state index contributed by atoms with van der Waals surface area (Å²) in [5, 5.41) is 10.3. The van der Waals surface area contributed by atoms with E-state index in [1.807, 2.05) is 12.1 Å². The monoisotopic (exact) mass is 414 g/mol. The lowest BCUT2D eigenvalue weighted by molar-refractivity contribution is -0.146. The smallest absolute Gasteiger partial charge is 0.324 e. The number of carbonyl (C=O) groups is 2. The van der Waals surface area contributed by atoms with Crippen molar-refractivity contribution in [2.75, 3.05) is 11.6 Å². The van der Waals surface area contributed by atoms with E-state index in [-0.39, 0.29) is 17.2 Å². The lowest BCUT2D eigenvalue weighted by Gasteiger charge is -2.53. The van der Waals surface area contributed by atoms with Crippen LogP contribution in [0, 0.1) is 0 Å². The van der Waals surface area contributed by atoms with Crippen LogP contribution in [-0.4, -0.2) is 44.9 Å². The summed E-state index contributed by atoms with van der Waals surface area (Å²) in [7, 11) is 0. The standard InChI is InChI=1S/C21H19ClN2O3S/c22-11-13-12-28-19-16(23)18(25)24(19)17(13)21(20(26)27,14-7-3-1-4-8-14)15-9-5-2-6-10-15/h1-10,16,19H,11-12,23H2,(H,26,27). The number of hydrogen-bond donors (Lipinski definition) is 2. The predicted molar refractivity (Wildman–Crippen MR) is 110 cm³/mol. The molecule has 4 rings (SSSR count). The average Bonchev–Trinajstić information content (AvgIpc) is 2.74. The molecule has 3 N–H and O–H groups in total. The Hall–Kier alpha value is -2.28. The third-order valence-electron chi connectivity index (χ3n) is 5.34. The van der Waals surface area contributed by atoms with Gasteiger partial charge in [0, 0.05) is 17.3 Å². The molecule has 2 unspecified atom stereocenters. The summed E-state index contributed by atoms with van der Waals surface area (Å²) in [5.41, 5.74) is 6.77. The molecule has 2 atom stereocenters. The van der Waals surface area contributed by atoms with E-state index < -0.39 is 17.4 Å². The Kier molecular flexibility index (Phi) is 4.95. The Morgan fingerprint density at radius 3 is 2.14 bits per heavy atom. The van der Waals surface area contributed by atoms with Gasteiger partial charge in [-0.1, -0.05) is 60.7 Å². The molecule has 7 heteroatoms. The van der Waals surface area contributed by atoms with Crippen molar-refractivity contribution in [2.24, 2.45) is 5.73 Å². The number of β-lactam (4-membered cyclic amide) rings is 1. The summed E-state index contributed by atoms with van der Waals surface area (Å²) < 4.78 is 0. The van der Waals surface area contributed by atoms with Crippen LogP contribution >= 0.6 is 23.4 Å². The van der Waals surface area contributed by atoms with Crippen molar-refractivity contribution in [3.8, 4) is 0 Å². The first-order chi connectivity index (χ1) is 13.5. The Balaban J connectivity index is 2.07. The number of nitrogens with two attached hydrogens (primary N) is 1. The first-order valence-corrected chi connectivity index (χ1v) is 10.4. The van der Waals surface area contributed by atoms with E-state index in [4.69, 9.17) is 17.3 Å². The zero-order valence-electron chi connectivity index (χ0n) is 14.9. The minimum absolute atomic E-state index is 0.142. The van der Waals surface area contributed by atoms with Crippen LogP contribution in [0.15, 0.2) is 71.9 Å². The maximum Gasteiger partial charge on any atom is 0.324 e. The minimum Gasteiger partial charge on any atom is -0.480 e. The summed E-state index contributed by atoms with van der Waals surface area (Å²) in [6.07, 6.45) is 0. The number of nitrogens with zero attached hydrogens (tertiary/aromatic N) is 1. The predicted octanol–water partition coefficient (Wildman–Crippen LogP) is 2.79. The van der Waals surface area contributed by atoms with Crippen LogP contribution in [0.1, 0.15) is 11.1 Å². The van der Waals surface area contributed by atoms with Crippen LogP contribution in [-0.2, 0) is 15.0 Å². The zero-order valence-corrected chi connectivity index (χ0v) is 16.5. The molecule has 0 bridgehead atoms. The van der Waals surface area contributed by atoms with Gasteiger partial charge in [0.2, 0.25) is 5.91 Å². The topological polar surface area (TPSA) is 83.6 Å². The number of carboxylic acid groups (broad SMARTS) is 1. The van der Waals surface area contributed by atoms with Crippen LogP contribution in [0.3, 0.4) is 0 Å². The average molecular weight is 415 g/mol. The summed E-state index contributed by atoms with van der Waals surface area (Å²) >= 11 is 7.77. The van der Waals surface area contributed by atoms with Crippen molar-refractivity contribution in [1.29, 1.82) is 0 Å². The van der Waals surface area contributed by atoms with Gasteiger partial charge in [0.05, 0.1) is 0 Å². The summed E-state index contributed by atoms with van der Waals surface area (Å²) in [6.45, 7) is 0. The number of fused-ring (bicyclic) bond motifs is 1. The van der Waals surface area contributed by atoms with Crippen molar-refractivity contribution >= 4 is 35.2 Å². The van der Waals surface area contributed by atoms with E-state index >= 15 is 0 Å². The minimum atomic E-state index is -1.55. The number of aliphatic carboxylic acids is 1. The van der Waals surface area contributed by atoms with E-state index in [1.165, 1.54) is 11.8 Å². The molecule has 144 valence electrons. The molecule has 2 aromatic rings. The van der Waals surface area contributed by atoms with Gasteiger partial charge in [-0.05, 0) is 16.7 Å². The molecule has 0 aliphatic carbocycles. The number of thioether (sulfide) groups is 1. The highest BCUT2D eigenvalue weighted by molar-refractivity contribution is 8.00. The van der Waals surface area contributed by atoms with Crippen molar-refractivity contribution in [3.05, 3.63) is 83.1 Å². The normalized spacial score (nSPS) is 21.9. The van der Waals surface area contributed by atoms with Crippen LogP contribution in [0.2, 0.25) is 0 Å². The molecule has 2 heterocycles. The fraction of sp³-hybridized carbons (Fsp3) is 0.238. The molecule has 5 nitrogen and oxygen atoms in total. The lowest BCUT2D eigenvalue weighted by atomic mass is 9.69. The van der Waals surface area contributed by atoms with Gasteiger partial charge < -0.3 is 10.8 Å². The Morgan fingerprint density at radius 1 is 1.14 bits per heavy atom. The molecule has 0 radical (unpaired) electrons. The lowest BCUT2D eigenvalue weighted by Crippen LogP contribution is -2.70. The summed E-state index contributed by atoms with van der Waals surface area (Å²) in [6, 6.07) is 17.4. The third kappa shape index (κ3) is 2.59. The number of carboxylic acids is 1. The van der Waals surface area contributed by atoms with E-state index in [0.29, 0.717) is 22.6 Å². The van der Waals surface area contributed by atoms with Gasteiger partial charge in [0.1, 0.15) is 11.4 Å². The van der Waals surface area contributed by atoms with Gasteiger partial charge in [-0.25, -0.2) is 0 Å². The molecule has 1 amide bonds. The number of amides is 1. The molecule has 1 fully saturated rings. The molecular weight excluding hydrogens is 396 g/mol. The highest BCUT2D eigenvalue weighted by Crippen LogP contribution is 2.50. The molecule has 2 aliphatic heterocycles. The zero-order chi connectivity index (χ0) is 19.9. The number of benzene rings is 2. The van der Waals surface area contributed by atoms with E-state index in [0.717, 1.165) is 5.57 Å². The second kappa shape index (κ2) is 7.28. The van der Waals surface area contributed by atoms with Gasteiger partial charge in [0.25, 0.3) is 0 Å². The molecule has 0 aromatic heterocycles. The Bertz CT molecular complexity index is 909. The number of rotatable bonds is 5. The Morgan fingerprint density at radius 2 is 1.68 bits per heavy atom. The third-order valence-corrected chi connectivity index (χ3v) is 7.02. The van der Waals surface area contributed by atoms with Gasteiger partial charge in [-0.2, -0.15) is 0 Å². The van der Waals surface area contributed by atoms with Crippen molar-refractivity contribution < 1.29 is 14.7 Å².